The summed E-state index contributed by atoms with van der Waals surface area (Å²) in [6, 6.07) is 20.4. The van der Waals surface area contributed by atoms with Gasteiger partial charge in [0.05, 0.1) is 44.5 Å². The number of aryl methyl sites for hydroxylation is 1. The highest BCUT2D eigenvalue weighted by Gasteiger charge is 2.29. The molecule has 9 nitrogen and oxygen atoms in total. The van der Waals surface area contributed by atoms with E-state index in [1.165, 1.54) is 20.3 Å². The van der Waals surface area contributed by atoms with Crippen LogP contribution in [0.3, 0.4) is 0 Å². The molecule has 2 atom stereocenters. The predicted octanol–water partition coefficient (Wildman–Crippen LogP) is 6.31. The molecule has 0 bridgehead atoms. The fraction of sp³-hybridized carbons (Fsp3) is 0.417. The molecule has 0 aromatic heterocycles. The van der Waals surface area contributed by atoms with Crippen molar-refractivity contribution in [1.82, 2.24) is 5.32 Å². The van der Waals surface area contributed by atoms with Crippen molar-refractivity contribution in [3.05, 3.63) is 89.0 Å². The van der Waals surface area contributed by atoms with E-state index >= 15 is 0 Å². The first-order valence-electron chi connectivity index (χ1n) is 15.6. The fourth-order valence-corrected chi connectivity index (χ4v) is 5.32. The number of hydrogen-bond donors (Lipinski definition) is 1. The van der Waals surface area contributed by atoms with Crippen molar-refractivity contribution in [2.45, 2.75) is 64.5 Å². The molecule has 0 radical (unpaired) electrons. The van der Waals surface area contributed by atoms with E-state index in [1.807, 2.05) is 48.5 Å². The van der Waals surface area contributed by atoms with Gasteiger partial charge in [0.1, 0.15) is 23.9 Å². The summed E-state index contributed by atoms with van der Waals surface area (Å²) in [4.78, 5) is 37.6. The number of rotatable bonds is 15. The number of carbonyl (C=O) groups excluding carboxylic acids is 3. The topological polar surface area (TPSA) is 109 Å². The molecule has 0 heterocycles. The molecule has 3 aromatic carbocycles. The quantitative estimate of drug-likeness (QED) is 0.156. The van der Waals surface area contributed by atoms with E-state index in [4.69, 9.17) is 23.7 Å². The molecular weight excluding hydrogens is 574 g/mol. The Bertz CT molecular complexity index is 1400. The van der Waals surface area contributed by atoms with Crippen LogP contribution in [0.2, 0.25) is 0 Å². The highest BCUT2D eigenvalue weighted by Crippen LogP contribution is 2.27. The summed E-state index contributed by atoms with van der Waals surface area (Å²) >= 11 is 0. The van der Waals surface area contributed by atoms with Crippen LogP contribution in [0.1, 0.15) is 77.3 Å². The van der Waals surface area contributed by atoms with Gasteiger partial charge < -0.3 is 29.0 Å². The van der Waals surface area contributed by atoms with Gasteiger partial charge in [-0.3, -0.25) is 9.59 Å². The molecule has 240 valence electrons. The molecular formula is C36H43NO8. The van der Waals surface area contributed by atoms with Crippen LogP contribution in [0.25, 0.3) is 0 Å². The summed E-state index contributed by atoms with van der Waals surface area (Å²) in [6.45, 7) is 3.63. The summed E-state index contributed by atoms with van der Waals surface area (Å²) in [5.41, 5.74) is 2.71. The van der Waals surface area contributed by atoms with Crippen LogP contribution < -0.4 is 19.5 Å². The number of esters is 2. The van der Waals surface area contributed by atoms with Gasteiger partial charge in [0.15, 0.2) is 0 Å². The maximum atomic E-state index is 13.3. The molecule has 9 heteroatoms. The van der Waals surface area contributed by atoms with Gasteiger partial charge in [0.2, 0.25) is 0 Å². The van der Waals surface area contributed by atoms with E-state index in [0.29, 0.717) is 32.0 Å². The molecule has 0 aliphatic heterocycles. The number of methoxy groups -OCH3 is 2. The van der Waals surface area contributed by atoms with Gasteiger partial charge in [-0.15, -0.1) is 0 Å². The van der Waals surface area contributed by atoms with Crippen LogP contribution in [0.5, 0.6) is 17.2 Å². The van der Waals surface area contributed by atoms with E-state index in [-0.39, 0.29) is 35.0 Å². The second-order valence-electron chi connectivity index (χ2n) is 11.1. The minimum absolute atomic E-state index is 0.178. The number of benzene rings is 3. The lowest BCUT2D eigenvalue weighted by atomic mass is 9.85. The molecule has 4 rings (SSSR count). The first-order chi connectivity index (χ1) is 21.9. The zero-order chi connectivity index (χ0) is 32.0. The van der Waals surface area contributed by atoms with Gasteiger partial charge in [0, 0.05) is 6.04 Å². The molecule has 1 amide bonds. The highest BCUT2D eigenvalue weighted by atomic mass is 16.5. The molecule has 0 spiro atoms. The molecule has 2 unspecified atom stereocenters. The van der Waals surface area contributed by atoms with Crippen LogP contribution in [-0.2, 0) is 27.3 Å². The molecule has 45 heavy (non-hydrogen) atoms. The minimum Gasteiger partial charge on any atom is -0.494 e. The van der Waals surface area contributed by atoms with Gasteiger partial charge in [0.25, 0.3) is 5.91 Å². The van der Waals surface area contributed by atoms with Crippen molar-refractivity contribution in [1.29, 1.82) is 0 Å². The SMILES string of the molecule is CCCOc1ccc(COc2ccc(CCCOc3ccc(C(=O)OC)cc3C(=O)NC3CCCC(C(=O)OC)C3)cc2)cc1. The molecule has 1 aliphatic carbocycles. The van der Waals surface area contributed by atoms with Gasteiger partial charge in [-0.05, 0) is 92.1 Å². The number of ether oxygens (including phenoxy) is 5. The molecule has 1 saturated carbocycles. The smallest absolute Gasteiger partial charge is 0.337 e. The lowest BCUT2D eigenvalue weighted by Gasteiger charge is -2.28. The fourth-order valence-electron chi connectivity index (χ4n) is 5.32. The Morgan fingerprint density at radius 2 is 1.51 bits per heavy atom. The van der Waals surface area contributed by atoms with Crippen LogP contribution in [0, 0.1) is 5.92 Å². The van der Waals surface area contributed by atoms with Crippen molar-refractivity contribution >= 4 is 17.8 Å². The molecule has 1 fully saturated rings. The van der Waals surface area contributed by atoms with Gasteiger partial charge >= 0.3 is 11.9 Å². The van der Waals surface area contributed by atoms with Crippen molar-refractivity contribution in [3.63, 3.8) is 0 Å². The van der Waals surface area contributed by atoms with E-state index < -0.39 is 5.97 Å². The maximum Gasteiger partial charge on any atom is 0.337 e. The Labute approximate surface area is 265 Å². The Morgan fingerprint density at radius 1 is 0.800 bits per heavy atom. The van der Waals surface area contributed by atoms with E-state index in [2.05, 4.69) is 12.2 Å². The number of hydrogen-bond acceptors (Lipinski definition) is 8. The number of carbonyl (C=O) groups is 3. The Kier molecular flexibility index (Phi) is 12.7. The van der Waals surface area contributed by atoms with E-state index in [1.54, 1.807) is 12.1 Å². The Hall–Kier alpha value is -4.53. The highest BCUT2D eigenvalue weighted by molar-refractivity contribution is 6.00. The molecule has 1 aliphatic rings. The first kappa shape index (κ1) is 33.4. The van der Waals surface area contributed by atoms with Crippen molar-refractivity contribution in [3.8, 4) is 17.2 Å². The monoisotopic (exact) mass is 617 g/mol. The Morgan fingerprint density at radius 3 is 2.20 bits per heavy atom. The predicted molar refractivity (Wildman–Crippen MR) is 170 cm³/mol. The third-order valence-corrected chi connectivity index (χ3v) is 7.78. The van der Waals surface area contributed by atoms with E-state index in [0.717, 1.165) is 61.2 Å². The van der Waals surface area contributed by atoms with Gasteiger partial charge in [-0.1, -0.05) is 37.6 Å². The lowest BCUT2D eigenvalue weighted by Crippen LogP contribution is -2.40. The minimum atomic E-state index is -0.540. The Balaban J connectivity index is 1.29. The van der Waals surface area contributed by atoms with E-state index in [9.17, 15) is 14.4 Å². The third-order valence-electron chi connectivity index (χ3n) is 7.78. The summed E-state index contributed by atoms with van der Waals surface area (Å²) in [5, 5.41) is 3.02. The zero-order valence-corrected chi connectivity index (χ0v) is 26.3. The van der Waals surface area contributed by atoms with Gasteiger partial charge in [-0.2, -0.15) is 0 Å². The second kappa shape index (κ2) is 17.1. The number of amides is 1. The molecule has 0 saturated heterocycles. The summed E-state index contributed by atoms with van der Waals surface area (Å²) < 4.78 is 27.4. The van der Waals surface area contributed by atoms with Crippen molar-refractivity contribution in [2.75, 3.05) is 27.4 Å². The summed E-state index contributed by atoms with van der Waals surface area (Å²) in [7, 11) is 2.67. The average Bonchev–Trinajstić information content (AvgIpc) is 3.08. The first-order valence-corrected chi connectivity index (χ1v) is 15.6. The average molecular weight is 618 g/mol. The standard InChI is InChI=1S/C36H43NO8/c1-4-20-43-30-17-12-26(13-18-30)24-45-31-15-10-25(11-16-31)7-6-21-44-33-19-14-28(36(40)42-3)23-32(33)34(38)37-29-9-5-8-27(22-29)35(39)41-2/h10-19,23,27,29H,4-9,20-22,24H2,1-3H3,(H,37,38). The molecule has 3 aromatic rings. The normalized spacial score (nSPS) is 15.9. The lowest BCUT2D eigenvalue weighted by molar-refractivity contribution is -0.146. The molecule has 1 N–H and O–H groups in total. The van der Waals surface area contributed by atoms with Crippen LogP contribution in [0.15, 0.2) is 66.7 Å². The summed E-state index contributed by atoms with van der Waals surface area (Å²) in [6.07, 6.45) is 5.29. The van der Waals surface area contributed by atoms with Gasteiger partial charge in [-0.25, -0.2) is 4.79 Å². The third kappa shape index (κ3) is 9.99. The van der Waals surface area contributed by atoms with Crippen LogP contribution >= 0.6 is 0 Å². The van der Waals surface area contributed by atoms with Crippen LogP contribution in [0.4, 0.5) is 0 Å². The van der Waals surface area contributed by atoms with Crippen LogP contribution in [-0.4, -0.2) is 51.3 Å². The van der Waals surface area contributed by atoms with Crippen molar-refractivity contribution in [2.24, 2.45) is 5.92 Å². The number of nitrogens with one attached hydrogen (secondary N) is 1. The summed E-state index contributed by atoms with van der Waals surface area (Å²) in [5.74, 6) is 0.639. The largest absolute Gasteiger partial charge is 0.494 e. The van der Waals surface area contributed by atoms with Crippen molar-refractivity contribution < 1.29 is 38.1 Å². The second-order valence-corrected chi connectivity index (χ2v) is 11.1. The zero-order valence-electron chi connectivity index (χ0n) is 26.3. The maximum absolute atomic E-state index is 13.3.